The van der Waals surface area contributed by atoms with E-state index >= 15 is 0 Å². The predicted octanol–water partition coefficient (Wildman–Crippen LogP) is 4.32. The molecule has 5 rings (SSSR count). The molecule has 0 spiro atoms. The van der Waals surface area contributed by atoms with E-state index in [9.17, 15) is 14.3 Å². The lowest BCUT2D eigenvalue weighted by Gasteiger charge is -2.33. The fourth-order valence-corrected chi connectivity index (χ4v) is 5.25. The van der Waals surface area contributed by atoms with Gasteiger partial charge in [0.2, 0.25) is 0 Å². The Balaban J connectivity index is 1.42. The highest BCUT2D eigenvalue weighted by Gasteiger charge is 2.22. The topological polar surface area (TPSA) is 116 Å². The maximum Gasteiger partial charge on any atom is 0.261 e. The molecule has 9 nitrogen and oxygen atoms in total. The maximum absolute atomic E-state index is 13.2. The lowest BCUT2D eigenvalue weighted by atomic mass is 10.1. The summed E-state index contributed by atoms with van der Waals surface area (Å²) in [5, 5.41) is 14.0. The van der Waals surface area contributed by atoms with Gasteiger partial charge in [-0.15, -0.1) is 0 Å². The van der Waals surface area contributed by atoms with Gasteiger partial charge in [-0.1, -0.05) is 6.07 Å². The number of nitrogens with one attached hydrogen (secondary N) is 3. The molecular formula is C27H29BrFN5O4. The number of pyridine rings is 1. The van der Waals surface area contributed by atoms with Crippen molar-refractivity contribution >= 4 is 38.3 Å². The van der Waals surface area contributed by atoms with Crippen molar-refractivity contribution in [1.82, 2.24) is 15.0 Å². The first kappa shape index (κ1) is 26.2. The van der Waals surface area contributed by atoms with Gasteiger partial charge in [-0.2, -0.15) is 0 Å². The molecule has 4 aromatic rings. The Kier molecular flexibility index (Phi) is 7.68. The molecule has 0 aliphatic carbocycles. The number of aliphatic hydroxyl groups is 1. The molecule has 38 heavy (non-hydrogen) atoms. The van der Waals surface area contributed by atoms with Crippen LogP contribution in [0.25, 0.3) is 22.4 Å². The molecule has 2 atom stereocenters. The van der Waals surface area contributed by atoms with E-state index < -0.39 is 18.9 Å². The van der Waals surface area contributed by atoms with Crippen LogP contribution in [-0.2, 0) is 4.74 Å². The first-order valence-electron chi connectivity index (χ1n) is 12.3. The van der Waals surface area contributed by atoms with E-state index in [1.54, 1.807) is 37.6 Å². The Hall–Kier alpha value is -3.41. The van der Waals surface area contributed by atoms with Crippen molar-refractivity contribution in [3.8, 4) is 17.1 Å². The summed E-state index contributed by atoms with van der Waals surface area (Å²) in [6.45, 7) is 3.22. The minimum Gasteiger partial charge on any atom is -0.496 e. The second-order valence-corrected chi connectivity index (χ2v) is 10.1. The monoisotopic (exact) mass is 585 g/mol. The van der Waals surface area contributed by atoms with Gasteiger partial charge >= 0.3 is 0 Å². The Labute approximate surface area is 227 Å². The van der Waals surface area contributed by atoms with E-state index in [-0.39, 0.29) is 12.1 Å². The van der Waals surface area contributed by atoms with Crippen LogP contribution in [0.2, 0.25) is 0 Å². The molecule has 1 aliphatic heterocycles. The highest BCUT2D eigenvalue weighted by molar-refractivity contribution is 9.10. The number of hydrogen-bond donors (Lipinski definition) is 4. The number of aliphatic hydroxyl groups excluding tert-OH is 1. The number of hydrogen-bond acceptors (Lipinski definition) is 7. The van der Waals surface area contributed by atoms with Gasteiger partial charge in [-0.3, -0.25) is 4.79 Å². The summed E-state index contributed by atoms with van der Waals surface area (Å²) in [5.41, 5.74) is 4.67. The third kappa shape index (κ3) is 5.27. The first-order valence-corrected chi connectivity index (χ1v) is 13.1. The maximum atomic E-state index is 13.2. The summed E-state index contributed by atoms with van der Waals surface area (Å²) in [6.07, 6.45) is 0.283. The van der Waals surface area contributed by atoms with Gasteiger partial charge in [0.05, 0.1) is 41.0 Å². The summed E-state index contributed by atoms with van der Waals surface area (Å²) >= 11 is 3.44. The van der Waals surface area contributed by atoms with Crippen LogP contribution in [0.4, 0.5) is 15.8 Å². The number of imidazole rings is 1. The van der Waals surface area contributed by atoms with E-state index in [2.05, 4.69) is 36.1 Å². The molecular weight excluding hydrogens is 557 g/mol. The zero-order valence-corrected chi connectivity index (χ0v) is 22.6. The second-order valence-electron chi connectivity index (χ2n) is 9.22. The van der Waals surface area contributed by atoms with Gasteiger partial charge in [-0.25, -0.2) is 9.37 Å². The van der Waals surface area contributed by atoms with Crippen LogP contribution in [0.15, 0.2) is 51.9 Å². The van der Waals surface area contributed by atoms with Gasteiger partial charge in [0.1, 0.15) is 29.9 Å². The fourth-order valence-electron chi connectivity index (χ4n) is 4.70. The number of aromatic amines is 2. The number of benzene rings is 2. The molecule has 0 unspecified atom stereocenters. The van der Waals surface area contributed by atoms with Crippen LogP contribution in [0.5, 0.6) is 5.75 Å². The summed E-state index contributed by atoms with van der Waals surface area (Å²) in [5.74, 6) is 1.08. The number of ether oxygens (including phenoxy) is 2. The smallest absolute Gasteiger partial charge is 0.261 e. The minimum atomic E-state index is -0.827. The van der Waals surface area contributed by atoms with Crippen LogP contribution in [0.1, 0.15) is 17.2 Å². The average Bonchev–Trinajstić information content (AvgIpc) is 3.36. The third-order valence-electron chi connectivity index (χ3n) is 6.68. The third-order valence-corrected chi connectivity index (χ3v) is 7.30. The Morgan fingerprint density at radius 1 is 1.34 bits per heavy atom. The van der Waals surface area contributed by atoms with Gasteiger partial charge in [0.25, 0.3) is 5.56 Å². The van der Waals surface area contributed by atoms with Gasteiger partial charge < -0.3 is 34.8 Å². The molecule has 4 N–H and O–H groups in total. The molecule has 200 valence electrons. The van der Waals surface area contributed by atoms with E-state index in [0.29, 0.717) is 48.1 Å². The fraction of sp³-hybridized carbons (Fsp3) is 0.333. The Bertz CT molecular complexity index is 1510. The van der Waals surface area contributed by atoms with E-state index in [0.717, 1.165) is 26.8 Å². The van der Waals surface area contributed by atoms with Crippen molar-refractivity contribution < 1.29 is 19.0 Å². The number of methoxy groups -OCH3 is 1. The number of alkyl halides is 1. The number of rotatable bonds is 8. The van der Waals surface area contributed by atoms with Gasteiger partial charge in [0.15, 0.2) is 0 Å². The largest absolute Gasteiger partial charge is 0.496 e. The molecule has 1 aliphatic rings. The molecule has 0 amide bonds. The lowest BCUT2D eigenvalue weighted by molar-refractivity contribution is 0.0247. The van der Waals surface area contributed by atoms with Crippen LogP contribution < -0.4 is 20.5 Å². The van der Waals surface area contributed by atoms with Crippen molar-refractivity contribution in [3.05, 3.63) is 68.5 Å². The highest BCUT2D eigenvalue weighted by Crippen LogP contribution is 2.31. The molecule has 11 heteroatoms. The van der Waals surface area contributed by atoms with Crippen LogP contribution in [-0.4, -0.2) is 66.2 Å². The van der Waals surface area contributed by atoms with E-state index in [1.165, 1.54) is 0 Å². The average molecular weight is 586 g/mol. The molecule has 0 saturated carbocycles. The number of nitrogens with zero attached hydrogens (tertiary/aromatic N) is 2. The first-order chi connectivity index (χ1) is 18.4. The van der Waals surface area contributed by atoms with E-state index in [4.69, 9.17) is 14.5 Å². The van der Waals surface area contributed by atoms with Crippen molar-refractivity contribution in [2.24, 2.45) is 0 Å². The summed E-state index contributed by atoms with van der Waals surface area (Å²) in [4.78, 5) is 25.8. The van der Waals surface area contributed by atoms with Crippen LogP contribution in [0, 0.1) is 6.92 Å². The molecule has 0 bridgehead atoms. The molecule has 1 saturated heterocycles. The number of aryl methyl sites for hydroxylation is 1. The normalized spacial score (nSPS) is 16.6. The number of halogens is 2. The Morgan fingerprint density at radius 3 is 2.95 bits per heavy atom. The van der Waals surface area contributed by atoms with E-state index in [1.807, 2.05) is 19.1 Å². The number of anilines is 2. The lowest BCUT2D eigenvalue weighted by Crippen LogP contribution is -2.43. The zero-order valence-electron chi connectivity index (χ0n) is 21.1. The number of morpholine rings is 1. The molecule has 1 fully saturated rings. The standard InChI is InChI=1S/C27H29BrFN5O4/c1-15-9-17(34-7-8-38-18(12-29)14-34)11-21-25(15)33-26(32-21)24-20(5-6-30-27(24)36)31-13-22(35)16-3-4-23(37-2)19(28)10-16/h3-6,9-11,18,22,35H,7-8,12-14H2,1-2H3,(H,32,33)(H2,30,31,36)/t18-,22+/m1/s1. The molecule has 2 aromatic heterocycles. The van der Waals surface area contributed by atoms with Gasteiger partial charge in [-0.05, 0) is 64.3 Å². The summed E-state index contributed by atoms with van der Waals surface area (Å²) in [7, 11) is 1.58. The van der Waals surface area contributed by atoms with Crippen molar-refractivity contribution in [2.45, 2.75) is 19.1 Å². The second kappa shape index (κ2) is 11.1. The van der Waals surface area contributed by atoms with Crippen LogP contribution >= 0.6 is 15.9 Å². The van der Waals surface area contributed by atoms with Crippen LogP contribution in [0.3, 0.4) is 0 Å². The zero-order chi connectivity index (χ0) is 26.8. The van der Waals surface area contributed by atoms with Crippen molar-refractivity contribution in [1.29, 1.82) is 0 Å². The number of fused-ring (bicyclic) bond motifs is 1. The quantitative estimate of drug-likeness (QED) is 0.243. The molecule has 0 radical (unpaired) electrons. The highest BCUT2D eigenvalue weighted by atomic mass is 79.9. The van der Waals surface area contributed by atoms with Crippen molar-refractivity contribution in [2.75, 3.05) is 50.2 Å². The number of aromatic nitrogens is 3. The van der Waals surface area contributed by atoms with Crippen molar-refractivity contribution in [3.63, 3.8) is 0 Å². The molecule has 2 aromatic carbocycles. The predicted molar refractivity (Wildman–Crippen MR) is 149 cm³/mol. The van der Waals surface area contributed by atoms with Gasteiger partial charge in [0, 0.05) is 31.5 Å². The molecule has 3 heterocycles. The number of H-pyrrole nitrogens is 2. The SMILES string of the molecule is COc1ccc([C@@H](O)CNc2cc[nH]c(=O)c2-c2nc3c(C)cc(N4CCO[C@H](CF)C4)cc3[nH]2)cc1Br. The summed E-state index contributed by atoms with van der Waals surface area (Å²) in [6, 6.07) is 11.1. The summed E-state index contributed by atoms with van der Waals surface area (Å²) < 4.78 is 24.7. The minimum absolute atomic E-state index is 0.172. The Morgan fingerprint density at radius 2 is 2.18 bits per heavy atom.